The van der Waals surface area contributed by atoms with E-state index in [0.717, 1.165) is 5.56 Å². The lowest BCUT2D eigenvalue weighted by Gasteiger charge is -1.87. The van der Waals surface area contributed by atoms with Crippen molar-refractivity contribution >= 4 is 17.3 Å². The molecule has 0 aromatic heterocycles. The zero-order valence-electron chi connectivity index (χ0n) is 5.29. The zero-order chi connectivity index (χ0) is 7.40. The normalized spacial score (nSPS) is 8.80. The van der Waals surface area contributed by atoms with Gasteiger partial charge in [-0.2, -0.15) is 0 Å². The molecule has 0 atom stereocenters. The molecule has 0 bridgehead atoms. The van der Waals surface area contributed by atoms with Crippen LogP contribution >= 0.6 is 11.6 Å². The first-order valence-corrected chi connectivity index (χ1v) is 3.40. The van der Waals surface area contributed by atoms with Gasteiger partial charge in [0, 0.05) is 18.0 Å². The van der Waals surface area contributed by atoms with E-state index >= 15 is 0 Å². The van der Waals surface area contributed by atoms with Crippen molar-refractivity contribution in [2.75, 3.05) is 0 Å². The summed E-state index contributed by atoms with van der Waals surface area (Å²) >= 11 is 5.53. The van der Waals surface area contributed by atoms with Crippen LogP contribution in [0.2, 0.25) is 0 Å². The molecule has 0 aliphatic rings. The van der Waals surface area contributed by atoms with Crippen LogP contribution < -0.4 is 0 Å². The van der Waals surface area contributed by atoms with Crippen LogP contribution in [0.1, 0.15) is 5.56 Å². The highest BCUT2D eigenvalue weighted by atomic mass is 35.5. The minimum absolute atomic E-state index is 0.492. The summed E-state index contributed by atoms with van der Waals surface area (Å²) in [5.41, 5.74) is 1.57. The van der Waals surface area contributed by atoms with E-state index in [1.165, 1.54) is 0 Å². The lowest BCUT2D eigenvalue weighted by molar-refractivity contribution is 1.39. The Bertz CT molecular complexity index is 247. The topological polar surface area (TPSA) is 28.1 Å². The van der Waals surface area contributed by atoms with Gasteiger partial charge < -0.3 is 0 Å². The average Bonchev–Trinajstić information content (AvgIpc) is 2.05. The summed E-state index contributed by atoms with van der Waals surface area (Å²) in [7, 11) is 0. The van der Waals surface area contributed by atoms with E-state index in [9.17, 15) is 0 Å². The van der Waals surface area contributed by atoms with Crippen LogP contribution in [0.15, 0.2) is 24.3 Å². The summed E-state index contributed by atoms with van der Waals surface area (Å²) in [6, 6.07) is 7.06. The molecule has 0 unspecified atom stereocenters. The van der Waals surface area contributed by atoms with Gasteiger partial charge in [-0.1, -0.05) is 0 Å². The summed E-state index contributed by atoms with van der Waals surface area (Å²) in [4.78, 5) is 3.00. The first-order chi connectivity index (χ1) is 4.86. The molecule has 0 fully saturated rings. The summed E-state index contributed by atoms with van der Waals surface area (Å²) < 4.78 is 0. The number of alkyl halides is 1. The molecular formula is C7H6ClN2+. The molecule has 0 aliphatic carbocycles. The average molecular weight is 154 g/mol. The zero-order valence-corrected chi connectivity index (χ0v) is 6.04. The molecule has 0 aliphatic heterocycles. The van der Waals surface area contributed by atoms with E-state index in [1.54, 1.807) is 12.1 Å². The van der Waals surface area contributed by atoms with Crippen LogP contribution in [0.5, 0.6) is 0 Å². The lowest BCUT2D eigenvalue weighted by atomic mass is 10.2. The largest absolute Gasteiger partial charge is 0.385 e. The Kier molecular flexibility index (Phi) is 2.24. The number of rotatable bonds is 1. The Morgan fingerprint density at radius 3 is 2.30 bits per heavy atom. The van der Waals surface area contributed by atoms with Crippen LogP contribution in [0.4, 0.5) is 5.69 Å². The van der Waals surface area contributed by atoms with Crippen molar-refractivity contribution in [3.63, 3.8) is 0 Å². The van der Waals surface area contributed by atoms with Gasteiger partial charge in [0.2, 0.25) is 5.39 Å². The van der Waals surface area contributed by atoms with Crippen LogP contribution in [-0.4, -0.2) is 0 Å². The standard InChI is InChI=1S/C7H6ClN2/c8-5-6-1-3-7(10-9)4-2-6/h1-4H,5H2/q+1. The van der Waals surface area contributed by atoms with Gasteiger partial charge in [-0.05, 0) is 17.7 Å². The van der Waals surface area contributed by atoms with Crippen LogP contribution in [0.3, 0.4) is 0 Å². The molecule has 1 aromatic carbocycles. The lowest BCUT2D eigenvalue weighted by Crippen LogP contribution is -1.72. The quantitative estimate of drug-likeness (QED) is 0.450. The molecule has 10 heavy (non-hydrogen) atoms. The monoisotopic (exact) mass is 153 g/mol. The Morgan fingerprint density at radius 1 is 1.30 bits per heavy atom. The van der Waals surface area contributed by atoms with E-state index in [2.05, 4.69) is 4.98 Å². The Hall–Kier alpha value is -1.07. The van der Waals surface area contributed by atoms with Gasteiger partial charge in [0.15, 0.2) is 4.98 Å². The van der Waals surface area contributed by atoms with E-state index < -0.39 is 0 Å². The molecule has 0 radical (unpaired) electrons. The number of nitrogens with zero attached hydrogens (tertiary/aromatic N) is 2. The Labute approximate surface area is 64.1 Å². The molecule has 0 amide bonds. The van der Waals surface area contributed by atoms with Crippen molar-refractivity contribution in [1.82, 2.24) is 0 Å². The first-order valence-electron chi connectivity index (χ1n) is 2.87. The molecule has 2 nitrogen and oxygen atoms in total. The summed E-state index contributed by atoms with van der Waals surface area (Å²) in [5.74, 6) is 0.492. The van der Waals surface area contributed by atoms with Crippen molar-refractivity contribution < 1.29 is 0 Å². The molecule has 0 heterocycles. The molecule has 3 heteroatoms. The third-order valence-electron chi connectivity index (χ3n) is 1.21. The van der Waals surface area contributed by atoms with Gasteiger partial charge in [-0.25, -0.2) is 0 Å². The highest BCUT2D eigenvalue weighted by molar-refractivity contribution is 6.17. The van der Waals surface area contributed by atoms with Gasteiger partial charge in [-0.3, -0.25) is 0 Å². The number of halogens is 1. The fourth-order valence-corrected chi connectivity index (χ4v) is 0.830. The van der Waals surface area contributed by atoms with Crippen molar-refractivity contribution in [3.05, 3.63) is 34.8 Å². The maximum atomic E-state index is 8.29. The molecule has 0 N–H and O–H groups in total. The van der Waals surface area contributed by atoms with Crippen LogP contribution in [0, 0.1) is 5.39 Å². The fraction of sp³-hybridized carbons (Fsp3) is 0.143. The van der Waals surface area contributed by atoms with Crippen molar-refractivity contribution in [2.45, 2.75) is 5.88 Å². The predicted molar refractivity (Wildman–Crippen MR) is 40.7 cm³/mol. The predicted octanol–water partition coefficient (Wildman–Crippen LogP) is 2.91. The smallest absolute Gasteiger partial charge is 0.122 e. The molecule has 50 valence electrons. The minimum atomic E-state index is 0.492. The van der Waals surface area contributed by atoms with Gasteiger partial charge >= 0.3 is 5.69 Å². The number of benzene rings is 1. The first kappa shape index (κ1) is 7.04. The molecule has 0 spiro atoms. The van der Waals surface area contributed by atoms with Gasteiger partial charge in [0.1, 0.15) is 0 Å². The van der Waals surface area contributed by atoms with E-state index in [4.69, 9.17) is 17.0 Å². The van der Waals surface area contributed by atoms with Gasteiger partial charge in [-0.15, -0.1) is 11.6 Å². The molecule has 0 saturated carbocycles. The minimum Gasteiger partial charge on any atom is -0.122 e. The third-order valence-corrected chi connectivity index (χ3v) is 1.51. The van der Waals surface area contributed by atoms with Crippen molar-refractivity contribution in [3.8, 4) is 0 Å². The fourth-order valence-electron chi connectivity index (χ4n) is 0.652. The van der Waals surface area contributed by atoms with E-state index in [1.807, 2.05) is 12.1 Å². The maximum absolute atomic E-state index is 8.29. The molecule has 1 aromatic rings. The van der Waals surface area contributed by atoms with Crippen LogP contribution in [0.25, 0.3) is 4.98 Å². The highest BCUT2D eigenvalue weighted by Gasteiger charge is 2.00. The van der Waals surface area contributed by atoms with Crippen molar-refractivity contribution in [2.24, 2.45) is 0 Å². The third kappa shape index (κ3) is 1.46. The Balaban J connectivity index is 2.93. The van der Waals surface area contributed by atoms with Crippen LogP contribution in [-0.2, 0) is 5.88 Å². The number of hydrogen-bond donors (Lipinski definition) is 0. The van der Waals surface area contributed by atoms with E-state index in [0.29, 0.717) is 11.6 Å². The second kappa shape index (κ2) is 3.19. The SMILES string of the molecule is N#[N+]c1ccc(CCl)cc1. The summed E-state index contributed by atoms with van der Waals surface area (Å²) in [6.07, 6.45) is 0. The van der Waals surface area contributed by atoms with Crippen molar-refractivity contribution in [1.29, 1.82) is 5.39 Å². The molecule has 0 saturated heterocycles. The summed E-state index contributed by atoms with van der Waals surface area (Å²) in [5, 5.41) is 8.29. The number of diazo groups is 1. The van der Waals surface area contributed by atoms with Gasteiger partial charge in [0.05, 0.1) is 0 Å². The maximum Gasteiger partial charge on any atom is 0.385 e. The number of hydrogen-bond acceptors (Lipinski definition) is 1. The highest BCUT2D eigenvalue weighted by Crippen LogP contribution is 2.13. The second-order valence-electron chi connectivity index (χ2n) is 1.90. The van der Waals surface area contributed by atoms with E-state index in [-0.39, 0.29) is 0 Å². The second-order valence-corrected chi connectivity index (χ2v) is 2.17. The molecular weight excluding hydrogens is 148 g/mol. The summed E-state index contributed by atoms with van der Waals surface area (Å²) in [6.45, 7) is 0. The van der Waals surface area contributed by atoms with Gasteiger partial charge in [0.25, 0.3) is 0 Å². The Morgan fingerprint density at radius 2 is 1.90 bits per heavy atom. The molecule has 1 rings (SSSR count).